The molecule has 0 bridgehead atoms. The lowest BCUT2D eigenvalue weighted by atomic mass is 10.1. The Morgan fingerprint density at radius 3 is 2.38 bits per heavy atom. The van der Waals surface area contributed by atoms with Gasteiger partial charge in [-0.15, -0.1) is 11.8 Å². The fraction of sp³-hybridized carbons (Fsp3) is 0.355. The number of carbonyl (C=O) groups is 2. The van der Waals surface area contributed by atoms with Crippen LogP contribution in [0.3, 0.4) is 0 Å². The van der Waals surface area contributed by atoms with E-state index in [1.165, 1.54) is 28.8 Å². The highest BCUT2D eigenvalue weighted by atomic mass is 79.9. The van der Waals surface area contributed by atoms with E-state index in [2.05, 4.69) is 21.2 Å². The Morgan fingerprint density at radius 2 is 1.74 bits per heavy atom. The maximum absolute atomic E-state index is 14.1. The van der Waals surface area contributed by atoms with Crippen LogP contribution in [0.4, 0.5) is 5.69 Å². The molecule has 3 aromatic carbocycles. The molecule has 1 atom stereocenters. The van der Waals surface area contributed by atoms with E-state index in [0.717, 1.165) is 32.1 Å². The van der Waals surface area contributed by atoms with E-state index in [-0.39, 0.29) is 23.0 Å². The predicted octanol–water partition coefficient (Wildman–Crippen LogP) is 6.10. The number of nitrogens with one attached hydrogen (secondary N) is 1. The normalized spacial score (nSPS) is 11.9. The predicted molar refractivity (Wildman–Crippen MR) is 172 cm³/mol. The average molecular weight is 677 g/mol. The molecule has 0 aliphatic carbocycles. The van der Waals surface area contributed by atoms with E-state index in [1.807, 2.05) is 37.4 Å². The van der Waals surface area contributed by atoms with Crippen LogP contribution in [0.2, 0.25) is 0 Å². The summed E-state index contributed by atoms with van der Waals surface area (Å²) >= 11 is 4.97. The van der Waals surface area contributed by atoms with Gasteiger partial charge in [0.05, 0.1) is 17.2 Å². The first-order valence-electron chi connectivity index (χ1n) is 13.8. The third kappa shape index (κ3) is 8.75. The number of benzene rings is 3. The lowest BCUT2D eigenvalue weighted by molar-refractivity contribution is -0.139. The van der Waals surface area contributed by atoms with E-state index < -0.39 is 28.5 Å². The number of nitrogens with zero attached hydrogens (tertiary/aromatic N) is 2. The Kier molecular flexibility index (Phi) is 12.8. The lowest BCUT2D eigenvalue weighted by Crippen LogP contribution is -2.51. The number of halogens is 1. The van der Waals surface area contributed by atoms with Crippen molar-refractivity contribution in [1.82, 2.24) is 10.2 Å². The third-order valence-electron chi connectivity index (χ3n) is 6.60. The van der Waals surface area contributed by atoms with Crippen molar-refractivity contribution >= 4 is 55.2 Å². The monoisotopic (exact) mass is 675 g/mol. The SMILES string of the molecule is CCCCNC(=O)[C@H](C)N(Cc1cccc(Br)c1)C(=O)CN(c1ccccc1OCC)S(=O)(=O)c1ccc(SC)cc1. The highest BCUT2D eigenvalue weighted by Gasteiger charge is 2.33. The van der Waals surface area contributed by atoms with Crippen molar-refractivity contribution in [2.24, 2.45) is 0 Å². The second-order valence-corrected chi connectivity index (χ2v) is 13.2. The minimum absolute atomic E-state index is 0.0447. The minimum Gasteiger partial charge on any atom is -0.492 e. The molecular formula is C31H38BrN3O5S2. The molecule has 2 amide bonds. The number of para-hydroxylation sites is 2. The van der Waals surface area contributed by atoms with Crippen molar-refractivity contribution in [3.63, 3.8) is 0 Å². The van der Waals surface area contributed by atoms with Crippen LogP contribution >= 0.6 is 27.7 Å². The van der Waals surface area contributed by atoms with Gasteiger partial charge in [-0.25, -0.2) is 8.42 Å². The molecule has 0 heterocycles. The maximum Gasteiger partial charge on any atom is 0.264 e. The van der Waals surface area contributed by atoms with E-state index in [9.17, 15) is 18.0 Å². The summed E-state index contributed by atoms with van der Waals surface area (Å²) in [5, 5.41) is 2.90. The number of anilines is 1. The summed E-state index contributed by atoms with van der Waals surface area (Å²) in [5.41, 5.74) is 1.03. The van der Waals surface area contributed by atoms with E-state index in [4.69, 9.17) is 4.74 Å². The summed E-state index contributed by atoms with van der Waals surface area (Å²) in [6.45, 7) is 5.88. The molecule has 3 aromatic rings. The van der Waals surface area contributed by atoms with Gasteiger partial charge in [0.2, 0.25) is 11.8 Å². The first-order valence-corrected chi connectivity index (χ1v) is 17.3. The third-order valence-corrected chi connectivity index (χ3v) is 9.61. The Bertz CT molecular complexity index is 1450. The number of rotatable bonds is 15. The van der Waals surface area contributed by atoms with Crippen LogP contribution in [0.1, 0.15) is 39.2 Å². The molecule has 0 spiro atoms. The van der Waals surface area contributed by atoms with Gasteiger partial charge in [0.25, 0.3) is 10.0 Å². The largest absolute Gasteiger partial charge is 0.492 e. The number of sulfonamides is 1. The Hall–Kier alpha value is -3.02. The molecule has 8 nitrogen and oxygen atoms in total. The highest BCUT2D eigenvalue weighted by Crippen LogP contribution is 2.33. The van der Waals surface area contributed by atoms with Gasteiger partial charge in [-0.3, -0.25) is 13.9 Å². The zero-order valence-corrected chi connectivity index (χ0v) is 27.6. The van der Waals surface area contributed by atoms with Gasteiger partial charge in [0.15, 0.2) is 0 Å². The summed E-state index contributed by atoms with van der Waals surface area (Å²) in [4.78, 5) is 29.6. The number of carbonyl (C=O) groups excluding carboxylic acids is 2. The lowest BCUT2D eigenvalue weighted by Gasteiger charge is -2.32. The average Bonchev–Trinajstić information content (AvgIpc) is 2.99. The smallest absolute Gasteiger partial charge is 0.264 e. The number of amides is 2. The molecule has 1 N–H and O–H groups in total. The number of ether oxygens (including phenoxy) is 1. The van der Waals surface area contributed by atoms with Gasteiger partial charge in [0.1, 0.15) is 18.3 Å². The van der Waals surface area contributed by atoms with Crippen LogP contribution < -0.4 is 14.4 Å². The van der Waals surface area contributed by atoms with Gasteiger partial charge < -0.3 is 15.0 Å². The zero-order chi connectivity index (χ0) is 30.7. The second kappa shape index (κ2) is 16.0. The molecule has 0 radical (unpaired) electrons. The molecule has 0 saturated heterocycles. The van der Waals surface area contributed by atoms with Crippen molar-refractivity contribution in [2.75, 3.05) is 30.3 Å². The summed E-state index contributed by atoms with van der Waals surface area (Å²) in [5.74, 6) is -0.492. The van der Waals surface area contributed by atoms with Crippen LogP contribution in [0.15, 0.2) is 87.1 Å². The van der Waals surface area contributed by atoms with Gasteiger partial charge in [0, 0.05) is 22.5 Å². The van der Waals surface area contributed by atoms with Crippen LogP contribution in [-0.2, 0) is 26.2 Å². The molecule has 42 heavy (non-hydrogen) atoms. The van der Waals surface area contributed by atoms with Gasteiger partial charge >= 0.3 is 0 Å². The van der Waals surface area contributed by atoms with Crippen molar-refractivity contribution in [3.8, 4) is 5.75 Å². The molecule has 226 valence electrons. The summed E-state index contributed by atoms with van der Waals surface area (Å²) < 4.78 is 35.9. The molecule has 0 aliphatic heterocycles. The van der Waals surface area contributed by atoms with Gasteiger partial charge in [-0.2, -0.15) is 0 Å². The Labute approximate surface area is 262 Å². The molecular weight excluding hydrogens is 638 g/mol. The first kappa shape index (κ1) is 33.5. The van der Waals surface area contributed by atoms with E-state index >= 15 is 0 Å². The Morgan fingerprint density at radius 1 is 1.02 bits per heavy atom. The maximum atomic E-state index is 14.1. The summed E-state index contributed by atoms with van der Waals surface area (Å²) in [7, 11) is -4.20. The molecule has 0 aromatic heterocycles. The number of thioether (sulfide) groups is 1. The highest BCUT2D eigenvalue weighted by molar-refractivity contribution is 9.10. The van der Waals surface area contributed by atoms with Crippen LogP contribution in [-0.4, -0.2) is 57.1 Å². The first-order chi connectivity index (χ1) is 20.1. The van der Waals surface area contributed by atoms with Gasteiger partial charge in [-0.05, 0) is 80.6 Å². The molecule has 3 rings (SSSR count). The number of unbranched alkanes of at least 4 members (excludes halogenated alkanes) is 1. The fourth-order valence-electron chi connectivity index (χ4n) is 4.28. The second-order valence-electron chi connectivity index (χ2n) is 9.56. The van der Waals surface area contributed by atoms with Gasteiger partial charge in [-0.1, -0.05) is 53.5 Å². The molecule has 0 aliphatic rings. The van der Waals surface area contributed by atoms with Crippen molar-refractivity contribution in [1.29, 1.82) is 0 Å². The quantitative estimate of drug-likeness (QED) is 0.155. The number of hydrogen-bond donors (Lipinski definition) is 1. The van der Waals surface area contributed by atoms with Crippen LogP contribution in [0.5, 0.6) is 5.75 Å². The van der Waals surface area contributed by atoms with E-state index in [1.54, 1.807) is 50.2 Å². The summed E-state index contributed by atoms with van der Waals surface area (Å²) in [6, 6.07) is 19.9. The zero-order valence-electron chi connectivity index (χ0n) is 24.4. The topological polar surface area (TPSA) is 96.0 Å². The van der Waals surface area contributed by atoms with Crippen molar-refractivity contribution in [3.05, 3.63) is 82.8 Å². The minimum atomic E-state index is -4.20. The molecule has 0 saturated carbocycles. The van der Waals surface area contributed by atoms with E-state index in [0.29, 0.717) is 18.9 Å². The molecule has 0 fully saturated rings. The fourth-order valence-corrected chi connectivity index (χ4v) is 6.56. The molecule has 0 unspecified atom stereocenters. The van der Waals surface area contributed by atoms with Crippen molar-refractivity contribution in [2.45, 2.75) is 56.0 Å². The molecule has 11 heteroatoms. The Balaban J connectivity index is 2.06. The van der Waals surface area contributed by atoms with Crippen molar-refractivity contribution < 1.29 is 22.7 Å². The van der Waals surface area contributed by atoms with Crippen LogP contribution in [0.25, 0.3) is 0 Å². The van der Waals surface area contributed by atoms with Crippen LogP contribution in [0, 0.1) is 0 Å². The number of hydrogen-bond acceptors (Lipinski definition) is 6. The standard InChI is InChI=1S/C31H38BrN3O5S2/c1-5-7-19-33-31(37)23(3)34(21-24-11-10-12-25(32)20-24)30(36)22-35(28-13-8-9-14-29(28)40-6-2)42(38,39)27-17-15-26(41-4)16-18-27/h8-18,20,23H,5-7,19,21-22H2,1-4H3,(H,33,37)/t23-/m0/s1. The summed E-state index contributed by atoms with van der Waals surface area (Å²) in [6.07, 6.45) is 3.64.